The van der Waals surface area contributed by atoms with Crippen molar-refractivity contribution in [2.75, 3.05) is 24.5 Å². The van der Waals surface area contributed by atoms with E-state index < -0.39 is 0 Å². The van der Waals surface area contributed by atoms with Gasteiger partial charge in [-0.2, -0.15) is 14.6 Å². The zero-order valence-electron chi connectivity index (χ0n) is 11.5. The summed E-state index contributed by atoms with van der Waals surface area (Å²) >= 11 is 0. The van der Waals surface area contributed by atoms with Gasteiger partial charge in [0.1, 0.15) is 12.1 Å². The molecular weight excluding hydrogens is 240 g/mol. The highest BCUT2D eigenvalue weighted by molar-refractivity contribution is 5.48. The van der Waals surface area contributed by atoms with Crippen LogP contribution in [-0.4, -0.2) is 45.3 Å². The fourth-order valence-electron chi connectivity index (χ4n) is 2.82. The number of piperidine rings is 1. The molecule has 1 aliphatic rings. The number of aromatic nitrogens is 4. The van der Waals surface area contributed by atoms with E-state index in [4.69, 9.17) is 0 Å². The molecule has 1 atom stereocenters. The Morgan fingerprint density at radius 2 is 2.42 bits per heavy atom. The summed E-state index contributed by atoms with van der Waals surface area (Å²) in [7, 11) is 0. The van der Waals surface area contributed by atoms with Crippen molar-refractivity contribution in [3.8, 4) is 0 Å². The van der Waals surface area contributed by atoms with Crippen LogP contribution in [0.15, 0.2) is 12.4 Å². The number of rotatable bonds is 3. The summed E-state index contributed by atoms with van der Waals surface area (Å²) < 4.78 is 1.84. The minimum atomic E-state index is 0.521. The first-order chi connectivity index (χ1) is 9.29. The fraction of sp³-hybridized carbons (Fsp3) is 0.615. The molecule has 0 bridgehead atoms. The van der Waals surface area contributed by atoms with Crippen LogP contribution in [0.25, 0.3) is 5.78 Å². The van der Waals surface area contributed by atoms with Gasteiger partial charge in [-0.1, -0.05) is 0 Å². The number of anilines is 1. The Morgan fingerprint density at radius 3 is 3.16 bits per heavy atom. The Hall–Kier alpha value is -1.69. The number of aryl methyl sites for hydroxylation is 1. The van der Waals surface area contributed by atoms with Crippen LogP contribution in [-0.2, 0) is 0 Å². The Balaban J connectivity index is 2.02. The van der Waals surface area contributed by atoms with Gasteiger partial charge in [0, 0.05) is 30.9 Å². The van der Waals surface area contributed by atoms with Crippen LogP contribution < -0.4 is 10.2 Å². The molecule has 6 nitrogen and oxygen atoms in total. The summed E-state index contributed by atoms with van der Waals surface area (Å²) in [5, 5.41) is 7.78. The molecule has 6 heteroatoms. The van der Waals surface area contributed by atoms with Gasteiger partial charge in [-0.05, 0) is 33.2 Å². The van der Waals surface area contributed by atoms with E-state index >= 15 is 0 Å². The maximum Gasteiger partial charge on any atom is 0.254 e. The summed E-state index contributed by atoms with van der Waals surface area (Å²) in [4.78, 5) is 11.0. The molecule has 1 N–H and O–H groups in total. The van der Waals surface area contributed by atoms with E-state index in [2.05, 4.69) is 38.3 Å². The minimum absolute atomic E-state index is 0.521. The van der Waals surface area contributed by atoms with Crippen molar-refractivity contribution in [2.24, 2.45) is 0 Å². The zero-order chi connectivity index (χ0) is 13.2. The van der Waals surface area contributed by atoms with Crippen molar-refractivity contribution < 1.29 is 0 Å². The molecule has 0 aliphatic carbocycles. The first-order valence-electron chi connectivity index (χ1n) is 6.94. The molecule has 1 aliphatic heterocycles. The quantitative estimate of drug-likeness (QED) is 0.892. The van der Waals surface area contributed by atoms with Gasteiger partial charge in [0.25, 0.3) is 5.78 Å². The highest BCUT2D eigenvalue weighted by Crippen LogP contribution is 2.21. The van der Waals surface area contributed by atoms with Crippen LogP contribution in [0.4, 0.5) is 5.82 Å². The van der Waals surface area contributed by atoms with E-state index in [0.29, 0.717) is 11.8 Å². The summed E-state index contributed by atoms with van der Waals surface area (Å²) in [5.74, 6) is 1.77. The number of nitrogens with one attached hydrogen (secondary N) is 1. The van der Waals surface area contributed by atoms with Gasteiger partial charge in [-0.3, -0.25) is 0 Å². The zero-order valence-corrected chi connectivity index (χ0v) is 11.5. The molecule has 1 saturated heterocycles. The second kappa shape index (κ2) is 5.13. The van der Waals surface area contributed by atoms with E-state index in [-0.39, 0.29) is 0 Å². The van der Waals surface area contributed by atoms with E-state index in [1.54, 1.807) is 6.33 Å². The van der Waals surface area contributed by atoms with E-state index in [0.717, 1.165) is 31.1 Å². The van der Waals surface area contributed by atoms with Crippen LogP contribution >= 0.6 is 0 Å². The molecule has 1 unspecified atom stereocenters. The second-order valence-electron chi connectivity index (χ2n) is 5.01. The van der Waals surface area contributed by atoms with Gasteiger partial charge < -0.3 is 10.2 Å². The molecule has 0 amide bonds. The molecule has 3 heterocycles. The standard InChI is InChI=1S/C13H20N6/c1-3-18(11-5-4-6-14-8-11)12-7-10(2)17-13-15-9-16-19(12)13/h7,9,11,14H,3-6,8H2,1-2H3. The maximum absolute atomic E-state index is 4.41. The molecule has 19 heavy (non-hydrogen) atoms. The lowest BCUT2D eigenvalue weighted by Crippen LogP contribution is -2.46. The van der Waals surface area contributed by atoms with Crippen molar-refractivity contribution >= 4 is 11.6 Å². The molecule has 0 aromatic carbocycles. The van der Waals surface area contributed by atoms with E-state index in [1.807, 2.05) is 11.4 Å². The third kappa shape index (κ3) is 2.28. The lowest BCUT2D eigenvalue weighted by molar-refractivity contribution is 0.431. The predicted octanol–water partition coefficient (Wildman–Crippen LogP) is 1.01. The molecule has 2 aromatic rings. The van der Waals surface area contributed by atoms with Crippen molar-refractivity contribution in [1.29, 1.82) is 0 Å². The lowest BCUT2D eigenvalue weighted by atomic mass is 10.1. The molecule has 1 fully saturated rings. The Kier molecular flexibility index (Phi) is 3.33. The van der Waals surface area contributed by atoms with E-state index in [9.17, 15) is 0 Å². The predicted molar refractivity (Wildman–Crippen MR) is 74.4 cm³/mol. The molecule has 3 rings (SSSR count). The van der Waals surface area contributed by atoms with Gasteiger partial charge in [-0.25, -0.2) is 4.98 Å². The van der Waals surface area contributed by atoms with Crippen LogP contribution in [0.1, 0.15) is 25.5 Å². The smallest absolute Gasteiger partial charge is 0.254 e. The summed E-state index contributed by atoms with van der Waals surface area (Å²) in [6, 6.07) is 2.62. The maximum atomic E-state index is 4.41. The second-order valence-corrected chi connectivity index (χ2v) is 5.01. The first-order valence-corrected chi connectivity index (χ1v) is 6.94. The van der Waals surface area contributed by atoms with Crippen LogP contribution in [0.3, 0.4) is 0 Å². The van der Waals surface area contributed by atoms with Crippen molar-refractivity contribution in [3.63, 3.8) is 0 Å². The first kappa shape index (κ1) is 12.3. The molecule has 0 spiro atoms. The monoisotopic (exact) mass is 260 g/mol. The summed E-state index contributed by atoms with van der Waals surface area (Å²) in [6.45, 7) is 7.32. The summed E-state index contributed by atoms with van der Waals surface area (Å²) in [6.07, 6.45) is 4.02. The van der Waals surface area contributed by atoms with Crippen molar-refractivity contribution in [3.05, 3.63) is 18.1 Å². The van der Waals surface area contributed by atoms with E-state index in [1.165, 1.54) is 12.8 Å². The third-order valence-corrected chi connectivity index (χ3v) is 3.71. The molecule has 2 aromatic heterocycles. The van der Waals surface area contributed by atoms with Gasteiger partial charge in [0.2, 0.25) is 0 Å². The van der Waals surface area contributed by atoms with Gasteiger partial charge in [-0.15, -0.1) is 0 Å². The number of hydrogen-bond donors (Lipinski definition) is 1. The minimum Gasteiger partial charge on any atom is -0.352 e. The Bertz CT molecular complexity index is 557. The SMILES string of the molecule is CCN(c1cc(C)nc2ncnn12)C1CCCNC1. The lowest BCUT2D eigenvalue weighted by Gasteiger charge is -2.35. The third-order valence-electron chi connectivity index (χ3n) is 3.71. The van der Waals surface area contributed by atoms with Crippen molar-refractivity contribution in [2.45, 2.75) is 32.7 Å². The Labute approximate surface area is 112 Å². The summed E-state index contributed by atoms with van der Waals surface area (Å²) in [5.41, 5.74) is 0.984. The highest BCUT2D eigenvalue weighted by Gasteiger charge is 2.22. The number of likely N-dealkylation sites (N-methyl/N-ethyl adjacent to an activating group) is 1. The number of hydrogen-bond acceptors (Lipinski definition) is 5. The molecular formula is C13H20N6. The normalized spacial score (nSPS) is 19.8. The average molecular weight is 260 g/mol. The van der Waals surface area contributed by atoms with Crippen LogP contribution in [0, 0.1) is 6.92 Å². The average Bonchev–Trinajstić information content (AvgIpc) is 2.89. The Morgan fingerprint density at radius 1 is 1.53 bits per heavy atom. The number of fused-ring (bicyclic) bond motifs is 1. The van der Waals surface area contributed by atoms with Crippen LogP contribution in [0.5, 0.6) is 0 Å². The largest absolute Gasteiger partial charge is 0.352 e. The molecule has 0 saturated carbocycles. The topological polar surface area (TPSA) is 58.4 Å². The van der Waals surface area contributed by atoms with Gasteiger partial charge in [0.15, 0.2) is 0 Å². The van der Waals surface area contributed by atoms with Crippen LogP contribution in [0.2, 0.25) is 0 Å². The molecule has 0 radical (unpaired) electrons. The van der Waals surface area contributed by atoms with Gasteiger partial charge >= 0.3 is 0 Å². The number of nitrogens with zero attached hydrogens (tertiary/aromatic N) is 5. The highest BCUT2D eigenvalue weighted by atomic mass is 15.4. The van der Waals surface area contributed by atoms with Crippen molar-refractivity contribution in [1.82, 2.24) is 24.9 Å². The van der Waals surface area contributed by atoms with Gasteiger partial charge in [0.05, 0.1) is 0 Å². The fourth-order valence-corrected chi connectivity index (χ4v) is 2.82. The molecule has 102 valence electrons.